The highest BCUT2D eigenvalue weighted by Crippen LogP contribution is 2.38. The van der Waals surface area contributed by atoms with Crippen molar-refractivity contribution >= 4 is 28.5 Å². The van der Waals surface area contributed by atoms with Crippen LogP contribution in [-0.2, 0) is 20.5 Å². The van der Waals surface area contributed by atoms with Crippen LogP contribution in [0.1, 0.15) is 52.9 Å². The summed E-state index contributed by atoms with van der Waals surface area (Å²) in [4.78, 5) is 29.3. The normalized spacial score (nSPS) is 16.4. The summed E-state index contributed by atoms with van der Waals surface area (Å²) in [5.74, 6) is 1.05. The molecule has 1 aliphatic heterocycles. The predicted molar refractivity (Wildman–Crippen MR) is 171 cm³/mol. The monoisotopic (exact) mass is 618 g/mol. The van der Waals surface area contributed by atoms with Crippen LogP contribution in [0.15, 0.2) is 47.6 Å². The Bertz CT molecular complexity index is 1430. The fraction of sp³-hybridized carbons (Fsp3) is 0.467. The van der Waals surface area contributed by atoms with Gasteiger partial charge >= 0.3 is 0 Å². The van der Waals surface area contributed by atoms with E-state index in [4.69, 9.17) is 24.9 Å². The van der Waals surface area contributed by atoms with Gasteiger partial charge in [-0.1, -0.05) is 6.92 Å². The van der Waals surface area contributed by atoms with Crippen molar-refractivity contribution in [2.75, 3.05) is 50.2 Å². The molecule has 0 spiro atoms. The van der Waals surface area contributed by atoms with E-state index in [1.165, 1.54) is 6.20 Å². The van der Waals surface area contributed by atoms with E-state index in [1.54, 1.807) is 30.5 Å². The van der Waals surface area contributed by atoms with Crippen molar-refractivity contribution in [1.82, 2.24) is 19.7 Å². The van der Waals surface area contributed by atoms with Crippen molar-refractivity contribution in [2.24, 2.45) is 5.92 Å². The quantitative estimate of drug-likeness (QED) is 0.269. The number of pyridine rings is 3. The van der Waals surface area contributed by atoms with Gasteiger partial charge in [-0.05, 0) is 70.4 Å². The number of carbonyl (C=O) groups excluding carboxylic acids is 1. The molecule has 0 aliphatic carbocycles. The standard InChI is InChI=1S/C30H40N6O5S.H2O.2H2/c1-6-39-12-13-40-14-15-41-29-21(3)16-22(18-33-29)24-10-9-23(27(34-24)36-19-20(2)17-30(36,4)5)28(37)35-42(38)25-8-7-11-32-26(25)31;;;/h7-11,16,18,20H,6,12-15,17,19H2,1-5H3,(H2,31,32)(H,35,37);1H2;2*1H/t20-,42?;;;/m0.../s1. The molecule has 0 bridgehead atoms. The van der Waals surface area contributed by atoms with Crippen molar-refractivity contribution in [3.63, 3.8) is 0 Å². The Balaban J connectivity index is 0.00000337. The highest BCUT2D eigenvalue weighted by Gasteiger charge is 2.39. The first kappa shape index (κ1) is 33.8. The van der Waals surface area contributed by atoms with Gasteiger partial charge in [0, 0.05) is 45.1 Å². The zero-order valence-electron chi connectivity index (χ0n) is 25.4. The molecule has 5 N–H and O–H groups in total. The maximum atomic E-state index is 13.5. The predicted octanol–water partition coefficient (Wildman–Crippen LogP) is 3.61. The van der Waals surface area contributed by atoms with Gasteiger partial charge in [0.15, 0.2) is 11.0 Å². The number of aryl methyl sites for hydroxylation is 1. The summed E-state index contributed by atoms with van der Waals surface area (Å²) in [7, 11) is -1.89. The molecule has 3 aromatic rings. The van der Waals surface area contributed by atoms with Gasteiger partial charge in [0.2, 0.25) is 5.88 Å². The zero-order chi connectivity index (χ0) is 30.3. The molecule has 1 aliphatic rings. The van der Waals surface area contributed by atoms with E-state index < -0.39 is 16.9 Å². The van der Waals surface area contributed by atoms with Gasteiger partial charge in [0.05, 0.1) is 31.1 Å². The molecule has 1 fully saturated rings. The summed E-state index contributed by atoms with van der Waals surface area (Å²) in [6.07, 6.45) is 4.16. The first-order chi connectivity index (χ1) is 20.1. The summed E-state index contributed by atoms with van der Waals surface area (Å²) in [5, 5.41) is 0. The number of anilines is 2. The third kappa shape index (κ3) is 8.47. The molecule has 238 valence electrons. The topological polar surface area (TPSA) is 173 Å². The summed E-state index contributed by atoms with van der Waals surface area (Å²) >= 11 is 0. The fourth-order valence-electron chi connectivity index (χ4n) is 5.12. The number of carbonyl (C=O) groups is 1. The van der Waals surface area contributed by atoms with Crippen LogP contribution >= 0.6 is 0 Å². The van der Waals surface area contributed by atoms with Gasteiger partial charge in [-0.25, -0.2) is 19.2 Å². The molecule has 0 radical (unpaired) electrons. The van der Waals surface area contributed by atoms with Crippen LogP contribution in [0.4, 0.5) is 11.6 Å². The van der Waals surface area contributed by atoms with Crippen LogP contribution in [0.3, 0.4) is 0 Å². The second kappa shape index (κ2) is 15.2. The molecule has 0 aromatic carbocycles. The Kier molecular flexibility index (Phi) is 12.0. The molecule has 43 heavy (non-hydrogen) atoms. The summed E-state index contributed by atoms with van der Waals surface area (Å²) in [5.41, 5.74) is 8.28. The molecule has 3 aromatic heterocycles. The summed E-state index contributed by atoms with van der Waals surface area (Å²) in [6, 6.07) is 8.65. The van der Waals surface area contributed by atoms with E-state index in [9.17, 15) is 9.00 Å². The maximum absolute atomic E-state index is 13.5. The Morgan fingerprint density at radius 2 is 1.93 bits per heavy atom. The third-order valence-corrected chi connectivity index (χ3v) is 8.12. The van der Waals surface area contributed by atoms with Gasteiger partial charge in [-0.3, -0.25) is 9.52 Å². The van der Waals surface area contributed by atoms with E-state index in [0.717, 1.165) is 24.1 Å². The molecule has 4 heterocycles. The number of hydrogen-bond acceptors (Lipinski definition) is 10. The molecule has 2 atom stereocenters. The molecule has 4 rings (SSSR count). The lowest BCUT2D eigenvalue weighted by molar-refractivity contribution is 0.0398. The highest BCUT2D eigenvalue weighted by atomic mass is 32.2. The first-order valence-corrected chi connectivity index (χ1v) is 15.2. The second-order valence-corrected chi connectivity index (χ2v) is 12.1. The minimum atomic E-state index is -1.89. The van der Waals surface area contributed by atoms with Gasteiger partial charge in [-0.2, -0.15) is 0 Å². The number of ether oxygens (including phenoxy) is 3. The smallest absolute Gasteiger partial charge is 0.266 e. The van der Waals surface area contributed by atoms with Crippen LogP contribution in [-0.4, -0.2) is 75.7 Å². The molecule has 1 amide bonds. The fourth-order valence-corrected chi connectivity index (χ4v) is 5.95. The number of aromatic nitrogens is 3. The Hall–Kier alpha value is -3.65. The van der Waals surface area contributed by atoms with Crippen LogP contribution in [0, 0.1) is 12.8 Å². The minimum absolute atomic E-state index is 0. The van der Waals surface area contributed by atoms with E-state index in [2.05, 4.69) is 40.4 Å². The number of nitrogens with zero attached hydrogens (tertiary/aromatic N) is 4. The summed E-state index contributed by atoms with van der Waals surface area (Å²) < 4.78 is 32.1. The lowest BCUT2D eigenvalue weighted by atomic mass is 9.97. The van der Waals surface area contributed by atoms with Crippen molar-refractivity contribution in [3.8, 4) is 17.1 Å². The average Bonchev–Trinajstić information content (AvgIpc) is 3.24. The molecule has 1 unspecified atom stereocenters. The summed E-state index contributed by atoms with van der Waals surface area (Å²) in [6.45, 7) is 13.6. The van der Waals surface area contributed by atoms with E-state index in [1.807, 2.05) is 19.9 Å². The molecular weight excluding hydrogens is 572 g/mol. The highest BCUT2D eigenvalue weighted by molar-refractivity contribution is 7.83. The van der Waals surface area contributed by atoms with Crippen LogP contribution in [0.5, 0.6) is 5.88 Å². The lowest BCUT2D eigenvalue weighted by Gasteiger charge is -2.34. The molecule has 1 saturated heterocycles. The molecule has 12 nitrogen and oxygen atoms in total. The third-order valence-electron chi connectivity index (χ3n) is 7.00. The number of nitrogen functional groups attached to an aromatic ring is 1. The van der Waals surface area contributed by atoms with Crippen molar-refractivity contribution < 1.29 is 31.5 Å². The Morgan fingerprint density at radius 1 is 1.19 bits per heavy atom. The average molecular weight is 619 g/mol. The number of amides is 1. The minimum Gasteiger partial charge on any atom is -0.475 e. The van der Waals surface area contributed by atoms with Gasteiger partial charge in [0.25, 0.3) is 5.91 Å². The molecule has 13 heteroatoms. The molecule has 0 saturated carbocycles. The van der Waals surface area contributed by atoms with Gasteiger partial charge in [-0.15, -0.1) is 0 Å². The van der Waals surface area contributed by atoms with Gasteiger partial charge < -0.3 is 30.3 Å². The van der Waals surface area contributed by atoms with Crippen molar-refractivity contribution in [1.29, 1.82) is 0 Å². The first-order valence-electron chi connectivity index (χ1n) is 14.1. The molecular formula is C30H46N6O6S. The lowest BCUT2D eigenvalue weighted by Crippen LogP contribution is -2.40. The van der Waals surface area contributed by atoms with Crippen LogP contribution < -0.4 is 20.1 Å². The largest absolute Gasteiger partial charge is 0.475 e. The number of hydrogen-bond donors (Lipinski definition) is 2. The Morgan fingerprint density at radius 3 is 2.60 bits per heavy atom. The second-order valence-electron chi connectivity index (χ2n) is 10.9. The van der Waals surface area contributed by atoms with Gasteiger partial charge in [0.1, 0.15) is 23.1 Å². The number of nitrogens with two attached hydrogens (primary N) is 1. The van der Waals surface area contributed by atoms with E-state index in [0.29, 0.717) is 61.9 Å². The van der Waals surface area contributed by atoms with Crippen molar-refractivity contribution in [3.05, 3.63) is 53.9 Å². The Labute approximate surface area is 258 Å². The van der Waals surface area contributed by atoms with Crippen molar-refractivity contribution in [2.45, 2.75) is 51.5 Å². The SMILES string of the molecule is CCOCCOCCOc1ncc(-c2ccc(C(=O)NS(=O)c3cccnc3N)c(N3C[C@@H](C)CC3(C)C)n2)cc1C.O.[HH].[HH]. The van der Waals surface area contributed by atoms with Crippen LogP contribution in [0.2, 0.25) is 0 Å². The zero-order valence-corrected chi connectivity index (χ0v) is 26.2. The van der Waals surface area contributed by atoms with Crippen LogP contribution in [0.25, 0.3) is 11.3 Å². The van der Waals surface area contributed by atoms with E-state index >= 15 is 0 Å². The van der Waals surface area contributed by atoms with E-state index in [-0.39, 0.29) is 24.6 Å². The number of rotatable bonds is 13. The number of nitrogens with one attached hydrogen (secondary N) is 1. The maximum Gasteiger partial charge on any atom is 0.266 e.